The summed E-state index contributed by atoms with van der Waals surface area (Å²) in [6.07, 6.45) is 3.25. The topological polar surface area (TPSA) is 83.0 Å². The van der Waals surface area contributed by atoms with Gasteiger partial charge in [-0.15, -0.1) is 0 Å². The molecule has 1 amide bonds. The van der Waals surface area contributed by atoms with Crippen LogP contribution >= 0.6 is 0 Å². The van der Waals surface area contributed by atoms with Crippen LogP contribution in [0.2, 0.25) is 0 Å². The molecule has 1 N–H and O–H groups in total. The fourth-order valence-corrected chi connectivity index (χ4v) is 3.92. The zero-order chi connectivity index (χ0) is 24.0. The molecule has 7 heteroatoms. The molecule has 0 bridgehead atoms. The second-order valence-corrected chi connectivity index (χ2v) is 8.53. The number of carbonyl (C=O) groups is 2. The molecule has 0 spiro atoms. The van der Waals surface area contributed by atoms with E-state index in [2.05, 4.69) is 37.6 Å². The van der Waals surface area contributed by atoms with Gasteiger partial charge in [-0.2, -0.15) is 0 Å². The number of hydrogen-bond donors (Lipinski definition) is 1. The molecule has 1 fully saturated rings. The highest BCUT2D eigenvalue weighted by molar-refractivity contribution is 6.46. The van der Waals surface area contributed by atoms with Gasteiger partial charge in [0.1, 0.15) is 11.5 Å². The summed E-state index contributed by atoms with van der Waals surface area (Å²) in [5.41, 5.74) is 1.30. The molecule has 176 valence electrons. The van der Waals surface area contributed by atoms with Gasteiger partial charge in [0.15, 0.2) is 0 Å². The summed E-state index contributed by atoms with van der Waals surface area (Å²) >= 11 is 0. The van der Waals surface area contributed by atoms with Gasteiger partial charge in [-0.25, -0.2) is 0 Å². The lowest BCUT2D eigenvalue weighted by molar-refractivity contribution is -0.140. The number of amides is 1. The van der Waals surface area contributed by atoms with Crippen molar-refractivity contribution in [2.75, 3.05) is 32.8 Å². The maximum atomic E-state index is 13.1. The number of ether oxygens (including phenoxy) is 1. The quantitative estimate of drug-likeness (QED) is 0.335. The number of nitrogens with zero attached hydrogens (tertiary/aromatic N) is 3. The molecule has 0 unspecified atom stereocenters. The third-order valence-electron chi connectivity index (χ3n) is 5.82. The van der Waals surface area contributed by atoms with E-state index in [1.54, 1.807) is 53.7 Å². The third-order valence-corrected chi connectivity index (χ3v) is 5.82. The number of benzene rings is 1. The minimum atomic E-state index is -0.672. The van der Waals surface area contributed by atoms with Crippen LogP contribution in [0.4, 0.5) is 0 Å². The smallest absolute Gasteiger partial charge is 0.295 e. The molecule has 1 aromatic carbocycles. The van der Waals surface area contributed by atoms with Crippen LogP contribution in [0, 0.1) is 5.92 Å². The zero-order valence-electron chi connectivity index (χ0n) is 19.8. The Hall–Kier alpha value is -3.19. The molecule has 7 nitrogen and oxygen atoms in total. The predicted molar refractivity (Wildman–Crippen MR) is 128 cm³/mol. The van der Waals surface area contributed by atoms with Crippen LogP contribution in [0.25, 0.3) is 5.76 Å². The molecule has 1 atom stereocenters. The standard InChI is InChI=1S/C26H33N3O4/c1-5-28(6-2)15-16-29-23(19-11-13-27-14-12-19)22(25(31)26(29)32)24(30)20-7-9-21(10-8-20)33-17-18(3)4/h7-14,18,23,30H,5-6,15-17H2,1-4H3/t23-/m1/s1. The molecule has 0 aliphatic carbocycles. The summed E-state index contributed by atoms with van der Waals surface area (Å²) in [4.78, 5) is 33.9. The molecular formula is C26H33N3O4. The van der Waals surface area contributed by atoms with Crippen molar-refractivity contribution in [2.45, 2.75) is 33.7 Å². The monoisotopic (exact) mass is 451 g/mol. The van der Waals surface area contributed by atoms with E-state index in [1.807, 2.05) is 0 Å². The Morgan fingerprint density at radius 2 is 1.73 bits per heavy atom. The molecule has 0 radical (unpaired) electrons. The molecule has 1 saturated heterocycles. The zero-order valence-corrected chi connectivity index (χ0v) is 19.8. The van der Waals surface area contributed by atoms with Crippen LogP contribution in [0.1, 0.15) is 44.9 Å². The highest BCUT2D eigenvalue weighted by Crippen LogP contribution is 2.39. The summed E-state index contributed by atoms with van der Waals surface area (Å²) in [7, 11) is 0. The summed E-state index contributed by atoms with van der Waals surface area (Å²) in [5, 5.41) is 11.1. The Kier molecular flexibility index (Phi) is 8.22. The van der Waals surface area contributed by atoms with E-state index in [1.165, 1.54) is 0 Å². The summed E-state index contributed by atoms with van der Waals surface area (Å²) in [6, 6.07) is 9.81. The molecule has 1 aromatic heterocycles. The van der Waals surface area contributed by atoms with E-state index < -0.39 is 17.7 Å². The first-order valence-electron chi connectivity index (χ1n) is 11.5. The molecule has 33 heavy (non-hydrogen) atoms. The van der Waals surface area contributed by atoms with Gasteiger partial charge in [-0.3, -0.25) is 14.6 Å². The third kappa shape index (κ3) is 5.60. The Labute approximate surface area is 195 Å². The first kappa shape index (κ1) is 24.5. The molecule has 1 aliphatic rings. The summed E-state index contributed by atoms with van der Waals surface area (Å²) in [5.74, 6) is -0.372. The Morgan fingerprint density at radius 3 is 2.30 bits per heavy atom. The maximum Gasteiger partial charge on any atom is 0.295 e. The van der Waals surface area contributed by atoms with Gasteiger partial charge in [-0.1, -0.05) is 27.7 Å². The van der Waals surface area contributed by atoms with E-state index in [0.29, 0.717) is 36.9 Å². The van der Waals surface area contributed by atoms with Crippen LogP contribution < -0.4 is 4.74 Å². The summed E-state index contributed by atoms with van der Waals surface area (Å²) < 4.78 is 5.71. The van der Waals surface area contributed by atoms with Gasteiger partial charge < -0.3 is 19.6 Å². The molecule has 1 aliphatic heterocycles. The van der Waals surface area contributed by atoms with E-state index in [-0.39, 0.29) is 11.3 Å². The van der Waals surface area contributed by atoms with Crippen LogP contribution in [0.15, 0.2) is 54.4 Å². The van der Waals surface area contributed by atoms with Gasteiger partial charge >= 0.3 is 0 Å². The van der Waals surface area contributed by atoms with Crippen molar-refractivity contribution < 1.29 is 19.4 Å². The number of likely N-dealkylation sites (N-methyl/N-ethyl adjacent to an activating group) is 1. The first-order chi connectivity index (χ1) is 15.9. The average Bonchev–Trinajstić information content (AvgIpc) is 3.08. The molecule has 0 saturated carbocycles. The number of Topliss-reactive ketones (excluding diaryl/α,β-unsaturated/α-hetero) is 1. The predicted octanol–water partition coefficient (Wildman–Crippen LogP) is 3.88. The van der Waals surface area contributed by atoms with E-state index in [4.69, 9.17) is 4.74 Å². The number of aromatic nitrogens is 1. The highest BCUT2D eigenvalue weighted by Gasteiger charge is 2.45. The van der Waals surface area contributed by atoms with Crippen molar-refractivity contribution in [1.82, 2.24) is 14.8 Å². The van der Waals surface area contributed by atoms with Crippen molar-refractivity contribution in [1.29, 1.82) is 0 Å². The van der Waals surface area contributed by atoms with Crippen molar-refractivity contribution in [2.24, 2.45) is 5.92 Å². The fraction of sp³-hybridized carbons (Fsp3) is 0.423. The van der Waals surface area contributed by atoms with Crippen molar-refractivity contribution in [3.8, 4) is 5.75 Å². The van der Waals surface area contributed by atoms with Crippen molar-refractivity contribution in [3.05, 3.63) is 65.5 Å². The number of aliphatic hydroxyl groups excluding tert-OH is 1. The van der Waals surface area contributed by atoms with Gasteiger partial charge in [-0.05, 0) is 61.0 Å². The summed E-state index contributed by atoms with van der Waals surface area (Å²) in [6.45, 7) is 11.6. The van der Waals surface area contributed by atoms with Crippen LogP contribution in [0.5, 0.6) is 5.75 Å². The number of pyridine rings is 1. The normalized spacial score (nSPS) is 17.9. The molecular weight excluding hydrogens is 418 g/mol. The van der Waals surface area contributed by atoms with Crippen LogP contribution in [0.3, 0.4) is 0 Å². The van der Waals surface area contributed by atoms with Crippen molar-refractivity contribution >= 4 is 17.4 Å². The number of rotatable bonds is 10. The number of ketones is 1. The van der Waals surface area contributed by atoms with E-state index in [0.717, 1.165) is 18.7 Å². The minimum absolute atomic E-state index is 0.0987. The Bertz CT molecular complexity index is 982. The molecule has 2 aromatic rings. The molecule has 3 rings (SSSR count). The Morgan fingerprint density at radius 1 is 1.09 bits per heavy atom. The first-order valence-corrected chi connectivity index (χ1v) is 11.5. The second kappa shape index (κ2) is 11.1. The number of carbonyl (C=O) groups excluding carboxylic acids is 2. The van der Waals surface area contributed by atoms with E-state index >= 15 is 0 Å². The average molecular weight is 452 g/mol. The Balaban J connectivity index is 1.98. The van der Waals surface area contributed by atoms with Crippen molar-refractivity contribution in [3.63, 3.8) is 0 Å². The highest BCUT2D eigenvalue weighted by atomic mass is 16.5. The van der Waals surface area contributed by atoms with Gasteiger partial charge in [0.2, 0.25) is 0 Å². The lowest BCUT2D eigenvalue weighted by Gasteiger charge is -2.28. The van der Waals surface area contributed by atoms with Gasteiger partial charge in [0.25, 0.3) is 11.7 Å². The second-order valence-electron chi connectivity index (χ2n) is 8.53. The maximum absolute atomic E-state index is 13.1. The SMILES string of the molecule is CCN(CC)CCN1C(=O)C(=O)C(=C(O)c2ccc(OCC(C)C)cc2)[C@H]1c1ccncc1. The number of aliphatic hydroxyl groups is 1. The number of likely N-dealkylation sites (tertiary alicyclic amines) is 1. The van der Waals surface area contributed by atoms with Crippen LogP contribution in [-0.4, -0.2) is 64.4 Å². The number of hydrogen-bond acceptors (Lipinski definition) is 6. The lowest BCUT2D eigenvalue weighted by Crippen LogP contribution is -2.38. The fourth-order valence-electron chi connectivity index (χ4n) is 3.92. The lowest BCUT2D eigenvalue weighted by atomic mass is 9.96. The minimum Gasteiger partial charge on any atom is -0.507 e. The van der Waals surface area contributed by atoms with Crippen LogP contribution in [-0.2, 0) is 9.59 Å². The molecule has 2 heterocycles. The van der Waals surface area contributed by atoms with E-state index in [9.17, 15) is 14.7 Å². The van der Waals surface area contributed by atoms with Gasteiger partial charge in [0, 0.05) is 31.0 Å². The largest absolute Gasteiger partial charge is 0.507 e. The van der Waals surface area contributed by atoms with Gasteiger partial charge in [0.05, 0.1) is 18.2 Å².